The minimum Gasteiger partial charge on any atom is -0.493 e. The molecule has 0 atom stereocenters. The van der Waals surface area contributed by atoms with Crippen LogP contribution in [0.15, 0.2) is 53.5 Å². The van der Waals surface area contributed by atoms with Gasteiger partial charge in [0.15, 0.2) is 23.1 Å². The van der Waals surface area contributed by atoms with Crippen LogP contribution in [0.4, 0.5) is 13.2 Å². The number of methoxy groups -OCH3 is 1. The Labute approximate surface area is 212 Å². The molecule has 9 heteroatoms. The summed E-state index contributed by atoms with van der Waals surface area (Å²) in [5.41, 5.74) is -0.974. The summed E-state index contributed by atoms with van der Waals surface area (Å²) in [6.07, 6.45) is 4.59. The van der Waals surface area contributed by atoms with E-state index in [0.29, 0.717) is 30.2 Å². The highest BCUT2D eigenvalue weighted by atomic mass is 19.2. The summed E-state index contributed by atoms with van der Waals surface area (Å²) in [6, 6.07) is 11.0. The summed E-state index contributed by atoms with van der Waals surface area (Å²) >= 11 is 0. The molecule has 2 aromatic carbocycles. The lowest BCUT2D eigenvalue weighted by molar-refractivity contribution is 0.250. The first-order valence-electron chi connectivity index (χ1n) is 11.5. The van der Waals surface area contributed by atoms with Crippen LogP contribution in [-0.2, 0) is 0 Å². The molecule has 4 rings (SSSR count). The smallest absolute Gasteiger partial charge is 0.266 e. The van der Waals surface area contributed by atoms with E-state index in [0.717, 1.165) is 13.0 Å². The second-order valence-electron chi connectivity index (χ2n) is 8.63. The van der Waals surface area contributed by atoms with Gasteiger partial charge in [0.1, 0.15) is 18.1 Å². The fraction of sp³-hybridized carbons (Fsp3) is 0.214. The Morgan fingerprint density at radius 3 is 2.57 bits per heavy atom. The van der Waals surface area contributed by atoms with Crippen LogP contribution in [0.1, 0.15) is 16.8 Å². The molecule has 2 heterocycles. The Bertz CT molecular complexity index is 1550. The first-order chi connectivity index (χ1) is 17.7. The Balaban J connectivity index is 1.91. The zero-order valence-electron chi connectivity index (χ0n) is 20.9. The van der Waals surface area contributed by atoms with Gasteiger partial charge in [0, 0.05) is 29.4 Å². The van der Waals surface area contributed by atoms with Crippen molar-refractivity contribution in [2.75, 3.05) is 34.4 Å². The minimum atomic E-state index is -1.35. The van der Waals surface area contributed by atoms with Crippen LogP contribution in [0.3, 0.4) is 0 Å². The summed E-state index contributed by atoms with van der Waals surface area (Å²) < 4.78 is 56.6. The van der Waals surface area contributed by atoms with Gasteiger partial charge in [-0.05, 0) is 57.4 Å². The SMILES string of the molecule is COc1cccc(C=Cc2nc3ccccn3c(=O)c2-c2cc(F)c(C)c(F)c2F)c1OCCN(C)C. The van der Waals surface area contributed by atoms with Gasteiger partial charge in [-0.15, -0.1) is 0 Å². The number of likely N-dealkylation sites (N-methyl/N-ethyl adjacent to an activating group) is 1. The van der Waals surface area contributed by atoms with E-state index in [-0.39, 0.29) is 16.9 Å². The first-order valence-corrected chi connectivity index (χ1v) is 11.5. The molecule has 0 spiro atoms. The van der Waals surface area contributed by atoms with Crippen LogP contribution in [-0.4, -0.2) is 48.6 Å². The van der Waals surface area contributed by atoms with Crippen LogP contribution in [0.25, 0.3) is 28.9 Å². The maximum Gasteiger partial charge on any atom is 0.266 e. The van der Waals surface area contributed by atoms with Gasteiger partial charge in [-0.1, -0.05) is 18.2 Å². The maximum atomic E-state index is 15.0. The van der Waals surface area contributed by atoms with Crippen LogP contribution >= 0.6 is 0 Å². The van der Waals surface area contributed by atoms with Gasteiger partial charge < -0.3 is 14.4 Å². The molecule has 192 valence electrons. The summed E-state index contributed by atoms with van der Waals surface area (Å²) in [5.74, 6) is -2.67. The summed E-state index contributed by atoms with van der Waals surface area (Å²) in [6.45, 7) is 2.19. The highest BCUT2D eigenvalue weighted by Gasteiger charge is 2.23. The monoisotopic (exact) mass is 509 g/mol. The number of rotatable bonds is 8. The topological polar surface area (TPSA) is 56.1 Å². The molecule has 0 unspecified atom stereocenters. The van der Waals surface area contributed by atoms with Crippen molar-refractivity contribution in [2.45, 2.75) is 6.92 Å². The third-order valence-corrected chi connectivity index (χ3v) is 5.85. The Hall–Kier alpha value is -4.11. The van der Waals surface area contributed by atoms with Crippen LogP contribution in [0, 0.1) is 24.4 Å². The molecule has 37 heavy (non-hydrogen) atoms. The number of pyridine rings is 1. The Morgan fingerprint density at radius 1 is 1.05 bits per heavy atom. The maximum absolute atomic E-state index is 15.0. The van der Waals surface area contributed by atoms with E-state index in [1.54, 1.807) is 42.5 Å². The third-order valence-electron chi connectivity index (χ3n) is 5.85. The molecule has 2 aromatic heterocycles. The van der Waals surface area contributed by atoms with Gasteiger partial charge in [0.2, 0.25) is 0 Å². The van der Waals surface area contributed by atoms with Gasteiger partial charge in [-0.3, -0.25) is 9.20 Å². The zero-order valence-corrected chi connectivity index (χ0v) is 20.9. The number of hydrogen-bond donors (Lipinski definition) is 0. The van der Waals surface area contributed by atoms with Crippen LogP contribution in [0.5, 0.6) is 11.5 Å². The summed E-state index contributed by atoms with van der Waals surface area (Å²) in [7, 11) is 5.37. The summed E-state index contributed by atoms with van der Waals surface area (Å²) in [5, 5.41) is 0. The zero-order chi connectivity index (χ0) is 26.7. The van der Waals surface area contributed by atoms with E-state index in [1.165, 1.54) is 23.8 Å². The van der Waals surface area contributed by atoms with E-state index in [1.807, 2.05) is 19.0 Å². The number of aromatic nitrogens is 2. The van der Waals surface area contributed by atoms with Crippen molar-refractivity contribution >= 4 is 17.8 Å². The van der Waals surface area contributed by atoms with Crippen molar-refractivity contribution in [3.63, 3.8) is 0 Å². The van der Waals surface area contributed by atoms with Crippen molar-refractivity contribution in [3.8, 4) is 22.6 Å². The number of halogens is 3. The number of fused-ring (bicyclic) bond motifs is 1. The van der Waals surface area contributed by atoms with Crippen molar-refractivity contribution in [1.82, 2.24) is 14.3 Å². The molecule has 0 aliphatic carbocycles. The van der Waals surface area contributed by atoms with E-state index >= 15 is 4.39 Å². The number of hydrogen-bond acceptors (Lipinski definition) is 5. The molecule has 0 saturated heterocycles. The molecule has 4 aromatic rings. The highest BCUT2D eigenvalue weighted by molar-refractivity contribution is 5.81. The van der Waals surface area contributed by atoms with Crippen molar-refractivity contribution < 1.29 is 22.6 Å². The highest BCUT2D eigenvalue weighted by Crippen LogP contribution is 2.33. The number of nitrogens with zero attached hydrogens (tertiary/aromatic N) is 3. The van der Waals surface area contributed by atoms with Gasteiger partial charge in [-0.25, -0.2) is 18.2 Å². The minimum absolute atomic E-state index is 0.0415. The second kappa shape index (κ2) is 10.9. The van der Waals surface area contributed by atoms with Gasteiger partial charge in [0.25, 0.3) is 5.56 Å². The molecule has 0 bridgehead atoms. The molecule has 0 radical (unpaired) electrons. The van der Waals surface area contributed by atoms with Crippen LogP contribution < -0.4 is 15.0 Å². The number of para-hydroxylation sites is 1. The first kappa shape index (κ1) is 26.0. The third kappa shape index (κ3) is 5.22. The molecular formula is C28H26F3N3O3. The van der Waals surface area contributed by atoms with E-state index in [4.69, 9.17) is 9.47 Å². The second-order valence-corrected chi connectivity index (χ2v) is 8.63. The number of ether oxygens (including phenoxy) is 2. The van der Waals surface area contributed by atoms with E-state index in [2.05, 4.69) is 4.98 Å². The largest absolute Gasteiger partial charge is 0.493 e. The molecule has 0 aliphatic heterocycles. The molecular weight excluding hydrogens is 483 g/mol. The van der Waals surface area contributed by atoms with Crippen molar-refractivity contribution in [3.05, 3.63) is 93.3 Å². The van der Waals surface area contributed by atoms with Gasteiger partial charge in [0.05, 0.1) is 18.4 Å². The molecule has 0 amide bonds. The Kier molecular flexibility index (Phi) is 7.63. The normalized spacial score (nSPS) is 11.6. The lowest BCUT2D eigenvalue weighted by Gasteiger charge is -2.15. The fourth-order valence-electron chi connectivity index (χ4n) is 3.83. The molecule has 6 nitrogen and oxygen atoms in total. The fourth-order valence-corrected chi connectivity index (χ4v) is 3.83. The lowest BCUT2D eigenvalue weighted by atomic mass is 10.0. The number of benzene rings is 2. The Morgan fingerprint density at radius 2 is 1.84 bits per heavy atom. The molecule has 0 saturated carbocycles. The molecule has 0 fully saturated rings. The van der Waals surface area contributed by atoms with Crippen LogP contribution in [0.2, 0.25) is 0 Å². The van der Waals surface area contributed by atoms with E-state index in [9.17, 15) is 13.6 Å². The molecule has 0 N–H and O–H groups in total. The predicted octanol–water partition coefficient (Wildman–Crippen LogP) is 5.21. The van der Waals surface area contributed by atoms with Crippen molar-refractivity contribution in [2.24, 2.45) is 0 Å². The quantitative estimate of drug-likeness (QED) is 0.306. The average molecular weight is 510 g/mol. The average Bonchev–Trinajstić information content (AvgIpc) is 2.89. The lowest BCUT2D eigenvalue weighted by Crippen LogP contribution is -2.20. The summed E-state index contributed by atoms with van der Waals surface area (Å²) in [4.78, 5) is 19.9. The molecule has 0 aliphatic rings. The standard InChI is InChI=1S/C28H26F3N3O3/c1-17-20(29)16-19(26(31)25(17)30)24-21(32-23-10-5-6-13-34(23)28(24)35)12-11-18-8-7-9-22(36-4)27(18)37-15-14-33(2)3/h5-13,16H,14-15H2,1-4H3. The van der Waals surface area contributed by atoms with Gasteiger partial charge in [-0.2, -0.15) is 0 Å². The van der Waals surface area contributed by atoms with Gasteiger partial charge >= 0.3 is 0 Å². The van der Waals surface area contributed by atoms with Crippen molar-refractivity contribution in [1.29, 1.82) is 0 Å². The predicted molar refractivity (Wildman–Crippen MR) is 137 cm³/mol. The van der Waals surface area contributed by atoms with E-state index < -0.39 is 34.1 Å².